The van der Waals surface area contributed by atoms with Crippen LogP contribution in [-0.4, -0.2) is 35.8 Å². The molecule has 0 aliphatic carbocycles. The molecule has 1 heterocycles. The molecule has 7 heteroatoms. The molecule has 1 unspecified atom stereocenters. The minimum atomic E-state index is -0.630. The molecule has 1 fully saturated rings. The molecule has 1 aliphatic rings. The van der Waals surface area contributed by atoms with Crippen molar-refractivity contribution in [1.82, 2.24) is 10.2 Å². The maximum Gasteiger partial charge on any atom is 0.251 e. The molecule has 1 aliphatic heterocycles. The van der Waals surface area contributed by atoms with E-state index < -0.39 is 11.6 Å². The number of amides is 2. The number of rotatable bonds is 5. The molecule has 0 radical (unpaired) electrons. The van der Waals surface area contributed by atoms with E-state index in [1.54, 1.807) is 24.3 Å². The summed E-state index contributed by atoms with van der Waals surface area (Å²) in [6.45, 7) is 9.03. The first-order valence-electron chi connectivity index (χ1n) is 10.8. The van der Waals surface area contributed by atoms with Crippen LogP contribution in [0.3, 0.4) is 0 Å². The number of halogens is 2. The van der Waals surface area contributed by atoms with E-state index >= 15 is 0 Å². The van der Waals surface area contributed by atoms with Gasteiger partial charge in [-0.25, -0.2) is 0 Å². The van der Waals surface area contributed by atoms with Crippen LogP contribution in [0.5, 0.6) is 0 Å². The summed E-state index contributed by atoms with van der Waals surface area (Å²) in [5.41, 5.74) is 7.42. The molecule has 0 aromatic heterocycles. The van der Waals surface area contributed by atoms with Crippen LogP contribution in [0, 0.1) is 11.3 Å². The van der Waals surface area contributed by atoms with Crippen LogP contribution in [0.1, 0.15) is 50.0 Å². The van der Waals surface area contributed by atoms with Crippen LogP contribution in [-0.2, 0) is 10.3 Å². The van der Waals surface area contributed by atoms with Crippen LogP contribution >= 0.6 is 23.2 Å². The second kappa shape index (κ2) is 9.42. The minimum Gasteiger partial charge on any atom is -0.340 e. The van der Waals surface area contributed by atoms with E-state index in [9.17, 15) is 9.59 Å². The Labute approximate surface area is 200 Å². The van der Waals surface area contributed by atoms with Crippen LogP contribution in [0.2, 0.25) is 10.0 Å². The zero-order valence-electron chi connectivity index (χ0n) is 19.0. The van der Waals surface area contributed by atoms with Crippen molar-refractivity contribution in [2.24, 2.45) is 17.1 Å². The molecule has 1 saturated heterocycles. The van der Waals surface area contributed by atoms with E-state index in [1.165, 1.54) is 0 Å². The normalized spacial score (nSPS) is 21.3. The van der Waals surface area contributed by atoms with Gasteiger partial charge in [0, 0.05) is 39.7 Å². The topological polar surface area (TPSA) is 75.4 Å². The predicted octanol–water partition coefficient (Wildman–Crippen LogP) is 4.86. The van der Waals surface area contributed by atoms with Crippen LogP contribution < -0.4 is 11.1 Å². The van der Waals surface area contributed by atoms with Gasteiger partial charge in [-0.1, -0.05) is 63.0 Å². The molecule has 2 amide bonds. The average molecular weight is 476 g/mol. The summed E-state index contributed by atoms with van der Waals surface area (Å²) >= 11 is 12.0. The molecular formula is C25H31Cl2N3O2. The fourth-order valence-corrected chi connectivity index (χ4v) is 4.61. The van der Waals surface area contributed by atoms with Gasteiger partial charge in [0.1, 0.15) is 6.04 Å². The molecule has 2 aromatic rings. The van der Waals surface area contributed by atoms with Gasteiger partial charge in [0.2, 0.25) is 5.91 Å². The SMILES string of the molecule is CC(C)[C@@H](NC(=O)c1ccc(Cl)cc1)C(=O)N1CCC(N)(c2ccc(Cl)cc2)C(C)(C)C1. The van der Waals surface area contributed by atoms with Crippen molar-refractivity contribution in [2.45, 2.75) is 45.7 Å². The van der Waals surface area contributed by atoms with E-state index in [-0.39, 0.29) is 23.1 Å². The molecule has 0 saturated carbocycles. The standard InChI is InChI=1S/C25H31Cl2N3O2/c1-16(2)21(29-22(31)17-5-9-19(26)10-6-17)23(32)30-14-13-25(28,24(3,4)15-30)18-7-11-20(27)12-8-18/h5-12,16,21H,13-15,28H2,1-4H3,(H,29,31)/t21-,25?/m1/s1. The average Bonchev–Trinajstić information content (AvgIpc) is 2.74. The number of benzene rings is 2. The summed E-state index contributed by atoms with van der Waals surface area (Å²) in [6.07, 6.45) is 0.614. The highest BCUT2D eigenvalue weighted by Gasteiger charge is 2.49. The molecule has 32 heavy (non-hydrogen) atoms. The number of nitrogens with zero attached hydrogens (tertiary/aromatic N) is 1. The van der Waals surface area contributed by atoms with Crippen molar-refractivity contribution in [3.05, 3.63) is 69.7 Å². The molecule has 0 bridgehead atoms. The third-order valence-electron chi connectivity index (χ3n) is 6.57. The molecule has 3 N–H and O–H groups in total. The smallest absolute Gasteiger partial charge is 0.251 e. The lowest BCUT2D eigenvalue weighted by atomic mass is 9.64. The van der Waals surface area contributed by atoms with Gasteiger partial charge in [0.15, 0.2) is 0 Å². The van der Waals surface area contributed by atoms with E-state index in [0.29, 0.717) is 35.1 Å². The number of likely N-dealkylation sites (tertiary alicyclic amines) is 1. The fourth-order valence-electron chi connectivity index (χ4n) is 4.35. The zero-order chi connectivity index (χ0) is 23.7. The molecular weight excluding hydrogens is 445 g/mol. The third-order valence-corrected chi connectivity index (χ3v) is 7.07. The van der Waals surface area contributed by atoms with Crippen molar-refractivity contribution in [1.29, 1.82) is 0 Å². The number of nitrogens with two attached hydrogens (primary N) is 1. The zero-order valence-corrected chi connectivity index (χ0v) is 20.5. The first-order chi connectivity index (χ1) is 14.9. The lowest BCUT2D eigenvalue weighted by Crippen LogP contribution is -2.63. The van der Waals surface area contributed by atoms with E-state index in [1.807, 2.05) is 43.0 Å². The minimum absolute atomic E-state index is 0.0670. The Morgan fingerprint density at radius 3 is 2.03 bits per heavy atom. The third kappa shape index (κ3) is 4.95. The Hall–Kier alpha value is -2.08. The summed E-state index contributed by atoms with van der Waals surface area (Å²) in [4.78, 5) is 28.0. The molecule has 172 valence electrons. The van der Waals surface area contributed by atoms with Gasteiger partial charge in [-0.3, -0.25) is 9.59 Å². The van der Waals surface area contributed by atoms with Crippen LogP contribution in [0.15, 0.2) is 48.5 Å². The van der Waals surface area contributed by atoms with Crippen molar-refractivity contribution in [3.63, 3.8) is 0 Å². The molecule has 2 aromatic carbocycles. The Bertz CT molecular complexity index is 974. The van der Waals surface area contributed by atoms with Crippen LogP contribution in [0.4, 0.5) is 0 Å². The first-order valence-corrected chi connectivity index (χ1v) is 11.6. The van der Waals surface area contributed by atoms with Crippen LogP contribution in [0.25, 0.3) is 0 Å². The van der Waals surface area contributed by atoms with Gasteiger partial charge in [0.05, 0.1) is 0 Å². The lowest BCUT2D eigenvalue weighted by Gasteiger charge is -2.52. The van der Waals surface area contributed by atoms with E-state index in [4.69, 9.17) is 28.9 Å². The quantitative estimate of drug-likeness (QED) is 0.647. The predicted molar refractivity (Wildman–Crippen MR) is 130 cm³/mol. The van der Waals surface area contributed by atoms with Gasteiger partial charge in [-0.15, -0.1) is 0 Å². The van der Waals surface area contributed by atoms with Crippen molar-refractivity contribution in [2.75, 3.05) is 13.1 Å². The van der Waals surface area contributed by atoms with Gasteiger partial charge in [0.25, 0.3) is 5.91 Å². The highest BCUT2D eigenvalue weighted by atomic mass is 35.5. The number of nitrogens with one attached hydrogen (secondary N) is 1. The Balaban J connectivity index is 1.76. The Morgan fingerprint density at radius 2 is 1.53 bits per heavy atom. The molecule has 3 rings (SSSR count). The van der Waals surface area contributed by atoms with Crippen molar-refractivity contribution in [3.8, 4) is 0 Å². The van der Waals surface area contributed by atoms with Gasteiger partial charge >= 0.3 is 0 Å². The summed E-state index contributed by atoms with van der Waals surface area (Å²) in [5, 5.41) is 4.14. The molecule has 2 atom stereocenters. The highest BCUT2D eigenvalue weighted by Crippen LogP contribution is 2.44. The summed E-state index contributed by atoms with van der Waals surface area (Å²) in [6, 6.07) is 13.6. The van der Waals surface area contributed by atoms with Gasteiger partial charge in [-0.05, 0) is 54.3 Å². The van der Waals surface area contributed by atoms with E-state index in [2.05, 4.69) is 19.2 Å². The maximum atomic E-state index is 13.5. The number of hydrogen-bond acceptors (Lipinski definition) is 3. The summed E-state index contributed by atoms with van der Waals surface area (Å²) in [7, 11) is 0. The number of hydrogen-bond donors (Lipinski definition) is 2. The van der Waals surface area contributed by atoms with Gasteiger partial charge in [-0.2, -0.15) is 0 Å². The van der Waals surface area contributed by atoms with E-state index in [0.717, 1.165) is 5.56 Å². The summed E-state index contributed by atoms with van der Waals surface area (Å²) < 4.78 is 0. The molecule has 5 nitrogen and oxygen atoms in total. The number of carbonyl (C=O) groups excluding carboxylic acids is 2. The molecule has 0 spiro atoms. The Morgan fingerprint density at radius 1 is 1.00 bits per heavy atom. The second-order valence-electron chi connectivity index (χ2n) is 9.57. The summed E-state index contributed by atoms with van der Waals surface area (Å²) in [5.74, 6) is -0.449. The monoisotopic (exact) mass is 475 g/mol. The van der Waals surface area contributed by atoms with Crippen molar-refractivity contribution >= 4 is 35.0 Å². The van der Waals surface area contributed by atoms with Crippen molar-refractivity contribution < 1.29 is 9.59 Å². The fraction of sp³-hybridized carbons (Fsp3) is 0.440. The Kier molecular flexibility index (Phi) is 7.23. The number of piperidine rings is 1. The highest BCUT2D eigenvalue weighted by molar-refractivity contribution is 6.30. The lowest BCUT2D eigenvalue weighted by molar-refractivity contribution is -0.139. The first kappa shape index (κ1) is 24.6. The largest absolute Gasteiger partial charge is 0.340 e. The number of carbonyl (C=O) groups is 2. The second-order valence-corrected chi connectivity index (χ2v) is 10.4. The maximum absolute atomic E-state index is 13.5. The van der Waals surface area contributed by atoms with Gasteiger partial charge < -0.3 is 16.0 Å².